The number of aliphatic hydroxyl groups excluding tert-OH is 1. The van der Waals surface area contributed by atoms with Crippen LogP contribution in [0.25, 0.3) is 10.2 Å². The Hall–Kier alpha value is -3.54. The third-order valence-electron chi connectivity index (χ3n) is 6.21. The number of rotatable bonds is 7. The molecule has 38 heavy (non-hydrogen) atoms. The van der Waals surface area contributed by atoms with Crippen molar-refractivity contribution in [2.75, 3.05) is 12.9 Å². The summed E-state index contributed by atoms with van der Waals surface area (Å²) in [7, 11) is -3.68. The lowest BCUT2D eigenvalue weighted by Crippen LogP contribution is -2.29. The molecule has 0 aliphatic carbocycles. The highest BCUT2D eigenvalue weighted by Gasteiger charge is 2.28. The van der Waals surface area contributed by atoms with E-state index in [0.717, 1.165) is 16.5 Å². The lowest BCUT2D eigenvalue weighted by molar-refractivity contribution is 0.0981. The highest BCUT2D eigenvalue weighted by atomic mass is 32.2. The molecule has 2 unspecified atom stereocenters. The summed E-state index contributed by atoms with van der Waals surface area (Å²) in [6.45, 7) is 0.605. The Morgan fingerprint density at radius 3 is 2.87 bits per heavy atom. The molecule has 1 amide bonds. The fraction of sp³-hybridized carbons (Fsp3) is 0.259. The van der Waals surface area contributed by atoms with Crippen molar-refractivity contribution in [1.82, 2.24) is 9.71 Å². The topological polar surface area (TPSA) is 115 Å². The molecule has 3 aromatic carbocycles. The number of hydrogen-bond acceptors (Lipinski definition) is 8. The molecule has 5 rings (SSSR count). The van der Waals surface area contributed by atoms with Gasteiger partial charge in [-0.25, -0.2) is 22.5 Å². The summed E-state index contributed by atoms with van der Waals surface area (Å²) >= 11 is 1.43. The van der Waals surface area contributed by atoms with Crippen molar-refractivity contribution in [3.05, 3.63) is 88.2 Å². The molecule has 198 valence electrons. The lowest BCUT2D eigenvalue weighted by atomic mass is 9.87. The van der Waals surface area contributed by atoms with E-state index < -0.39 is 22.0 Å². The summed E-state index contributed by atoms with van der Waals surface area (Å²) in [6, 6.07) is 16.4. The maximum atomic E-state index is 13.5. The first kappa shape index (κ1) is 26.1. The summed E-state index contributed by atoms with van der Waals surface area (Å²) in [6.07, 6.45) is 1.10. The van der Waals surface area contributed by atoms with Gasteiger partial charge in [-0.05, 0) is 66.8 Å². The second-order valence-electron chi connectivity index (χ2n) is 9.16. The summed E-state index contributed by atoms with van der Waals surface area (Å²) in [5.74, 6) is -0.141. The standard InChI is InChI=1S/C27H25FN2O6S2/c1-38(33,34)30-27(32)18-4-2-3-16(12-18)11-17-9-10-35-23-7-6-20(14-21(23)26(17)31)36-15-25-29-22-13-19(28)5-8-24(22)37-25/h2-8,12-14,17,26,31H,9-11,15H2,1H3,(H,30,32). The molecule has 2 N–H and O–H groups in total. The predicted molar refractivity (Wildman–Crippen MR) is 141 cm³/mol. The van der Waals surface area contributed by atoms with E-state index >= 15 is 0 Å². The van der Waals surface area contributed by atoms with Gasteiger partial charge in [0, 0.05) is 17.2 Å². The third-order valence-corrected chi connectivity index (χ3v) is 7.78. The maximum absolute atomic E-state index is 13.5. The van der Waals surface area contributed by atoms with E-state index in [1.165, 1.54) is 29.5 Å². The molecule has 1 aliphatic heterocycles. The van der Waals surface area contributed by atoms with Gasteiger partial charge in [-0.15, -0.1) is 11.3 Å². The Morgan fingerprint density at radius 2 is 2.05 bits per heavy atom. The maximum Gasteiger partial charge on any atom is 0.264 e. The molecule has 0 spiro atoms. The minimum atomic E-state index is -3.68. The molecule has 4 aromatic rings. The lowest BCUT2D eigenvalue weighted by Gasteiger charge is -2.21. The van der Waals surface area contributed by atoms with Crippen LogP contribution in [0.15, 0.2) is 60.7 Å². The number of benzene rings is 3. The smallest absolute Gasteiger partial charge is 0.264 e. The number of aliphatic hydroxyl groups is 1. The van der Waals surface area contributed by atoms with Crippen LogP contribution in [0.3, 0.4) is 0 Å². The van der Waals surface area contributed by atoms with Crippen molar-refractivity contribution in [1.29, 1.82) is 0 Å². The van der Waals surface area contributed by atoms with Crippen molar-refractivity contribution in [2.45, 2.75) is 25.6 Å². The van der Waals surface area contributed by atoms with Crippen LogP contribution in [0.5, 0.6) is 11.5 Å². The number of amides is 1. The summed E-state index contributed by atoms with van der Waals surface area (Å²) in [5.41, 5.74) is 2.20. The Morgan fingerprint density at radius 1 is 1.21 bits per heavy atom. The summed E-state index contributed by atoms with van der Waals surface area (Å²) < 4.78 is 51.0. The minimum absolute atomic E-state index is 0.197. The number of halogens is 1. The number of sulfonamides is 1. The number of nitrogens with one attached hydrogen (secondary N) is 1. The van der Waals surface area contributed by atoms with E-state index in [0.29, 0.717) is 47.0 Å². The van der Waals surface area contributed by atoms with E-state index in [9.17, 15) is 22.7 Å². The molecule has 8 nitrogen and oxygen atoms in total. The molecule has 0 fully saturated rings. The molecule has 2 heterocycles. The number of aromatic nitrogens is 1. The zero-order chi connectivity index (χ0) is 26.9. The van der Waals surface area contributed by atoms with E-state index in [-0.39, 0.29) is 23.9 Å². The van der Waals surface area contributed by atoms with Crippen LogP contribution in [-0.4, -0.2) is 37.3 Å². The number of carbonyl (C=O) groups excluding carboxylic acids is 1. The first-order chi connectivity index (χ1) is 18.1. The second kappa shape index (κ2) is 10.7. The number of ether oxygens (including phenoxy) is 2. The predicted octanol–water partition coefficient (Wildman–Crippen LogP) is 4.38. The van der Waals surface area contributed by atoms with Gasteiger partial charge in [0.2, 0.25) is 10.0 Å². The molecular formula is C27H25FN2O6S2. The van der Waals surface area contributed by atoms with E-state index in [2.05, 4.69) is 4.98 Å². The van der Waals surface area contributed by atoms with Crippen LogP contribution in [-0.2, 0) is 23.1 Å². The van der Waals surface area contributed by atoms with Gasteiger partial charge in [0.15, 0.2) is 0 Å². The SMILES string of the molecule is CS(=O)(=O)NC(=O)c1cccc(CC2CCOc3ccc(OCc4nc5cc(F)ccc5s4)cc3C2O)c1. The highest BCUT2D eigenvalue weighted by Crippen LogP contribution is 2.39. The van der Waals surface area contributed by atoms with Crippen LogP contribution in [0.4, 0.5) is 4.39 Å². The zero-order valence-electron chi connectivity index (χ0n) is 20.4. The summed E-state index contributed by atoms with van der Waals surface area (Å²) in [4.78, 5) is 16.7. The third kappa shape index (κ3) is 6.12. The number of hydrogen-bond donors (Lipinski definition) is 2. The van der Waals surface area contributed by atoms with Crippen LogP contribution in [0.2, 0.25) is 0 Å². The molecule has 0 bridgehead atoms. The van der Waals surface area contributed by atoms with Crippen molar-refractivity contribution in [3.8, 4) is 11.5 Å². The average molecular weight is 557 g/mol. The van der Waals surface area contributed by atoms with Gasteiger partial charge in [-0.3, -0.25) is 4.79 Å². The van der Waals surface area contributed by atoms with Crippen molar-refractivity contribution < 1.29 is 32.2 Å². The first-order valence-corrected chi connectivity index (χ1v) is 14.6. The number of thiazole rings is 1. The minimum Gasteiger partial charge on any atom is -0.493 e. The second-order valence-corrected chi connectivity index (χ2v) is 12.0. The Balaban J connectivity index is 1.30. The molecule has 0 radical (unpaired) electrons. The van der Waals surface area contributed by atoms with Gasteiger partial charge in [0.1, 0.15) is 28.9 Å². The highest BCUT2D eigenvalue weighted by molar-refractivity contribution is 7.89. The fourth-order valence-electron chi connectivity index (χ4n) is 4.45. The molecule has 0 saturated carbocycles. The van der Waals surface area contributed by atoms with Gasteiger partial charge < -0.3 is 14.6 Å². The molecule has 1 aromatic heterocycles. The largest absolute Gasteiger partial charge is 0.493 e. The van der Waals surface area contributed by atoms with Crippen molar-refractivity contribution in [3.63, 3.8) is 0 Å². The van der Waals surface area contributed by atoms with Gasteiger partial charge in [0.05, 0.1) is 29.2 Å². The van der Waals surface area contributed by atoms with Gasteiger partial charge in [-0.2, -0.15) is 0 Å². The number of carbonyl (C=O) groups is 1. The monoisotopic (exact) mass is 556 g/mol. The number of fused-ring (bicyclic) bond motifs is 2. The normalized spacial score (nSPS) is 17.3. The molecular weight excluding hydrogens is 531 g/mol. The van der Waals surface area contributed by atoms with Crippen LogP contribution in [0.1, 0.15) is 39.0 Å². The van der Waals surface area contributed by atoms with Crippen LogP contribution < -0.4 is 14.2 Å². The number of nitrogens with zero attached hydrogens (tertiary/aromatic N) is 1. The Labute approximate surface area is 223 Å². The first-order valence-electron chi connectivity index (χ1n) is 11.9. The van der Waals surface area contributed by atoms with E-state index in [1.807, 2.05) is 10.8 Å². The average Bonchev–Trinajstić information content (AvgIpc) is 3.21. The Kier molecular flexibility index (Phi) is 7.33. The van der Waals surface area contributed by atoms with Crippen LogP contribution in [0, 0.1) is 11.7 Å². The fourth-order valence-corrected chi connectivity index (χ4v) is 5.76. The van der Waals surface area contributed by atoms with Crippen molar-refractivity contribution >= 4 is 37.5 Å². The van der Waals surface area contributed by atoms with E-state index in [4.69, 9.17) is 9.47 Å². The summed E-state index contributed by atoms with van der Waals surface area (Å²) in [5, 5.41) is 12.0. The van der Waals surface area contributed by atoms with Gasteiger partial charge in [-0.1, -0.05) is 12.1 Å². The van der Waals surface area contributed by atoms with Crippen LogP contribution >= 0.6 is 11.3 Å². The van der Waals surface area contributed by atoms with E-state index in [1.54, 1.807) is 36.4 Å². The quantitative estimate of drug-likeness (QED) is 0.347. The van der Waals surface area contributed by atoms with Crippen molar-refractivity contribution in [2.24, 2.45) is 5.92 Å². The zero-order valence-corrected chi connectivity index (χ0v) is 22.0. The molecule has 0 saturated heterocycles. The van der Waals surface area contributed by atoms with Gasteiger partial charge in [0.25, 0.3) is 5.91 Å². The molecule has 2 atom stereocenters. The molecule has 1 aliphatic rings. The molecule has 11 heteroatoms. The van der Waals surface area contributed by atoms with Gasteiger partial charge >= 0.3 is 0 Å². The Bertz CT molecular complexity index is 1600.